The van der Waals surface area contributed by atoms with E-state index in [0.717, 1.165) is 5.56 Å². The highest BCUT2D eigenvalue weighted by Gasteiger charge is 2.02. The van der Waals surface area contributed by atoms with E-state index in [-0.39, 0.29) is 5.78 Å². The van der Waals surface area contributed by atoms with E-state index in [0.29, 0.717) is 5.01 Å². The van der Waals surface area contributed by atoms with E-state index in [1.54, 1.807) is 30.0 Å². The molecule has 0 unspecified atom stereocenters. The van der Waals surface area contributed by atoms with E-state index in [2.05, 4.69) is 9.97 Å². The van der Waals surface area contributed by atoms with Gasteiger partial charge < -0.3 is 0 Å². The van der Waals surface area contributed by atoms with Gasteiger partial charge in [0.2, 0.25) is 5.78 Å². The Labute approximate surface area is 91.1 Å². The van der Waals surface area contributed by atoms with Gasteiger partial charge in [0.15, 0.2) is 5.01 Å². The number of rotatable bonds is 3. The normalized spacial score (nSPS) is 10.7. The molecule has 0 bridgehead atoms. The molecular formula is C11H8N2OS. The first-order chi connectivity index (χ1) is 7.36. The van der Waals surface area contributed by atoms with Crippen molar-refractivity contribution in [3.8, 4) is 0 Å². The van der Waals surface area contributed by atoms with Crippen molar-refractivity contribution in [1.82, 2.24) is 9.97 Å². The maximum absolute atomic E-state index is 11.5. The van der Waals surface area contributed by atoms with E-state index < -0.39 is 0 Å². The third-order valence-electron chi connectivity index (χ3n) is 1.75. The van der Waals surface area contributed by atoms with Crippen molar-refractivity contribution in [3.05, 3.63) is 52.8 Å². The van der Waals surface area contributed by atoms with Crippen LogP contribution in [0, 0.1) is 0 Å². The highest BCUT2D eigenvalue weighted by molar-refractivity contribution is 7.11. The molecule has 0 aromatic carbocycles. The molecule has 0 aliphatic heterocycles. The summed E-state index contributed by atoms with van der Waals surface area (Å²) in [6.07, 6.45) is 8.26. The summed E-state index contributed by atoms with van der Waals surface area (Å²) >= 11 is 1.34. The molecule has 15 heavy (non-hydrogen) atoms. The molecule has 0 fully saturated rings. The molecule has 2 aromatic heterocycles. The first-order valence-corrected chi connectivity index (χ1v) is 5.26. The fourth-order valence-corrected chi connectivity index (χ4v) is 1.62. The Hall–Kier alpha value is -1.81. The van der Waals surface area contributed by atoms with Crippen LogP contribution in [0.1, 0.15) is 15.4 Å². The average Bonchev–Trinajstić information content (AvgIpc) is 2.81. The van der Waals surface area contributed by atoms with Gasteiger partial charge in [0.05, 0.1) is 0 Å². The van der Waals surface area contributed by atoms with Gasteiger partial charge >= 0.3 is 0 Å². The summed E-state index contributed by atoms with van der Waals surface area (Å²) in [5, 5.41) is 2.29. The highest BCUT2D eigenvalue weighted by Crippen LogP contribution is 2.07. The van der Waals surface area contributed by atoms with E-state index in [1.165, 1.54) is 17.4 Å². The number of nitrogens with zero attached hydrogens (tertiary/aromatic N) is 2. The highest BCUT2D eigenvalue weighted by atomic mass is 32.1. The van der Waals surface area contributed by atoms with Gasteiger partial charge in [0.1, 0.15) is 0 Å². The SMILES string of the molecule is O=C(/C=C/c1cccnc1)c1nccs1. The molecule has 0 aliphatic rings. The molecule has 0 saturated heterocycles. The van der Waals surface area contributed by atoms with Gasteiger partial charge in [-0.15, -0.1) is 11.3 Å². The van der Waals surface area contributed by atoms with Gasteiger partial charge in [-0.1, -0.05) is 6.07 Å². The number of allylic oxidation sites excluding steroid dienone is 1. The van der Waals surface area contributed by atoms with Crippen LogP contribution >= 0.6 is 11.3 Å². The lowest BCUT2D eigenvalue weighted by molar-refractivity contribution is 0.104. The van der Waals surface area contributed by atoms with E-state index in [9.17, 15) is 4.79 Å². The lowest BCUT2D eigenvalue weighted by Gasteiger charge is -1.89. The first kappa shape index (κ1) is 9.73. The summed E-state index contributed by atoms with van der Waals surface area (Å²) in [6, 6.07) is 3.71. The van der Waals surface area contributed by atoms with Crippen molar-refractivity contribution in [2.24, 2.45) is 0 Å². The predicted octanol–water partition coefficient (Wildman–Crippen LogP) is 2.43. The molecule has 4 heteroatoms. The van der Waals surface area contributed by atoms with Crippen LogP contribution in [0.3, 0.4) is 0 Å². The van der Waals surface area contributed by atoms with E-state index in [1.807, 2.05) is 12.1 Å². The quantitative estimate of drug-likeness (QED) is 0.584. The topological polar surface area (TPSA) is 42.9 Å². The molecule has 0 atom stereocenters. The molecule has 0 saturated carbocycles. The number of hydrogen-bond donors (Lipinski definition) is 0. The summed E-state index contributed by atoms with van der Waals surface area (Å²) in [5.74, 6) is -0.0751. The summed E-state index contributed by atoms with van der Waals surface area (Å²) in [7, 11) is 0. The molecule has 3 nitrogen and oxygen atoms in total. The van der Waals surface area contributed by atoms with Crippen LogP contribution in [0.5, 0.6) is 0 Å². The number of carbonyl (C=O) groups is 1. The van der Waals surface area contributed by atoms with Gasteiger partial charge in [0, 0.05) is 24.0 Å². The lowest BCUT2D eigenvalue weighted by Crippen LogP contribution is -1.91. The van der Waals surface area contributed by atoms with Crippen molar-refractivity contribution < 1.29 is 4.79 Å². The van der Waals surface area contributed by atoms with Gasteiger partial charge in [-0.3, -0.25) is 9.78 Å². The monoisotopic (exact) mass is 216 g/mol. The van der Waals surface area contributed by atoms with E-state index >= 15 is 0 Å². The van der Waals surface area contributed by atoms with Crippen LogP contribution in [-0.2, 0) is 0 Å². The fraction of sp³-hybridized carbons (Fsp3) is 0. The number of carbonyl (C=O) groups excluding carboxylic acids is 1. The van der Waals surface area contributed by atoms with Crippen LogP contribution < -0.4 is 0 Å². The first-order valence-electron chi connectivity index (χ1n) is 4.38. The van der Waals surface area contributed by atoms with Gasteiger partial charge in [-0.25, -0.2) is 4.98 Å². The summed E-state index contributed by atoms with van der Waals surface area (Å²) in [4.78, 5) is 19.4. The number of hydrogen-bond acceptors (Lipinski definition) is 4. The van der Waals surface area contributed by atoms with Crippen LogP contribution in [0.4, 0.5) is 0 Å². The van der Waals surface area contributed by atoms with Crippen molar-refractivity contribution >= 4 is 23.2 Å². The summed E-state index contributed by atoms with van der Waals surface area (Å²) < 4.78 is 0. The Bertz CT molecular complexity index is 463. The Kier molecular flexibility index (Phi) is 2.99. The number of ketones is 1. The second-order valence-electron chi connectivity index (χ2n) is 2.82. The Morgan fingerprint density at radius 3 is 3.00 bits per heavy atom. The zero-order valence-electron chi connectivity index (χ0n) is 7.83. The minimum Gasteiger partial charge on any atom is -0.287 e. The summed E-state index contributed by atoms with van der Waals surface area (Å²) in [6.45, 7) is 0. The smallest absolute Gasteiger partial charge is 0.214 e. The Balaban J connectivity index is 2.10. The van der Waals surface area contributed by atoms with Gasteiger partial charge in [-0.2, -0.15) is 0 Å². The van der Waals surface area contributed by atoms with Crippen molar-refractivity contribution in [2.75, 3.05) is 0 Å². The zero-order valence-corrected chi connectivity index (χ0v) is 8.65. The van der Waals surface area contributed by atoms with Crippen LogP contribution in [0.2, 0.25) is 0 Å². The predicted molar refractivity (Wildman–Crippen MR) is 59.7 cm³/mol. The Morgan fingerprint density at radius 2 is 2.33 bits per heavy atom. The lowest BCUT2D eigenvalue weighted by atomic mass is 10.2. The van der Waals surface area contributed by atoms with Crippen molar-refractivity contribution in [1.29, 1.82) is 0 Å². The minimum absolute atomic E-state index is 0.0751. The van der Waals surface area contributed by atoms with E-state index in [4.69, 9.17) is 0 Å². The maximum atomic E-state index is 11.5. The molecule has 2 aromatic rings. The molecule has 0 N–H and O–H groups in total. The second-order valence-corrected chi connectivity index (χ2v) is 3.72. The number of thiazole rings is 1. The number of pyridine rings is 1. The molecule has 2 rings (SSSR count). The molecule has 0 spiro atoms. The van der Waals surface area contributed by atoms with Crippen LogP contribution in [0.15, 0.2) is 42.2 Å². The summed E-state index contributed by atoms with van der Waals surface area (Å²) in [5.41, 5.74) is 0.905. The van der Waals surface area contributed by atoms with Crippen LogP contribution in [0.25, 0.3) is 6.08 Å². The molecule has 0 radical (unpaired) electrons. The third kappa shape index (κ3) is 2.57. The molecule has 0 aliphatic carbocycles. The fourth-order valence-electron chi connectivity index (χ4n) is 1.06. The largest absolute Gasteiger partial charge is 0.287 e. The van der Waals surface area contributed by atoms with Gasteiger partial charge in [-0.05, 0) is 23.8 Å². The Morgan fingerprint density at radius 1 is 1.40 bits per heavy atom. The van der Waals surface area contributed by atoms with Crippen molar-refractivity contribution in [3.63, 3.8) is 0 Å². The molecular weight excluding hydrogens is 208 g/mol. The zero-order chi connectivity index (χ0) is 10.5. The second kappa shape index (κ2) is 4.61. The maximum Gasteiger partial charge on any atom is 0.214 e. The van der Waals surface area contributed by atoms with Gasteiger partial charge in [0.25, 0.3) is 0 Å². The van der Waals surface area contributed by atoms with Crippen molar-refractivity contribution in [2.45, 2.75) is 0 Å². The standard InChI is InChI=1S/C11H8N2OS/c14-10(11-13-6-7-15-11)4-3-9-2-1-5-12-8-9/h1-8H/b4-3+. The minimum atomic E-state index is -0.0751. The molecule has 74 valence electrons. The van der Waals surface area contributed by atoms with Crippen LogP contribution in [-0.4, -0.2) is 15.8 Å². The third-order valence-corrected chi connectivity index (χ3v) is 2.54. The molecule has 0 amide bonds. The molecule has 2 heterocycles. The average molecular weight is 216 g/mol. The number of aromatic nitrogens is 2.